The molecule has 0 unspecified atom stereocenters. The number of methoxy groups -OCH3 is 1. The highest BCUT2D eigenvalue weighted by Crippen LogP contribution is 2.31. The van der Waals surface area contributed by atoms with Crippen LogP contribution in [-0.2, 0) is 16.1 Å². The minimum Gasteiger partial charge on any atom is -0.497 e. The van der Waals surface area contributed by atoms with E-state index in [1.54, 1.807) is 56.5 Å². The Balaban J connectivity index is 1.70. The average molecular weight is 389 g/mol. The highest BCUT2D eigenvalue weighted by Gasteiger charge is 2.39. The van der Waals surface area contributed by atoms with Crippen molar-refractivity contribution < 1.29 is 18.8 Å². The number of ether oxygens (including phenoxy) is 1. The number of aromatic nitrogens is 1. The Hall–Kier alpha value is -3.87. The molecule has 0 saturated carbocycles. The number of carbonyl (C=O) groups excluding carboxylic acids is 2. The standard InChI is InChI=1S/C22H19N3O4/c1-14-12-17(24-29-14)13-25-21(26)19(15-6-4-3-5-7-15)20(22(25)27)23-16-8-10-18(28-2)11-9-16/h3-12,23H,13H2,1-2H3. The molecule has 0 saturated heterocycles. The second-order valence-corrected chi connectivity index (χ2v) is 6.59. The number of amides is 2. The number of benzene rings is 2. The van der Waals surface area contributed by atoms with E-state index in [0.29, 0.717) is 34.0 Å². The molecule has 0 radical (unpaired) electrons. The van der Waals surface area contributed by atoms with Gasteiger partial charge in [0.15, 0.2) is 0 Å². The first-order valence-corrected chi connectivity index (χ1v) is 9.06. The molecule has 7 heteroatoms. The van der Waals surface area contributed by atoms with Gasteiger partial charge >= 0.3 is 0 Å². The maximum atomic E-state index is 13.2. The summed E-state index contributed by atoms with van der Waals surface area (Å²) in [6.07, 6.45) is 0. The number of nitrogens with one attached hydrogen (secondary N) is 1. The van der Waals surface area contributed by atoms with Gasteiger partial charge in [-0.15, -0.1) is 0 Å². The fraction of sp³-hybridized carbons (Fsp3) is 0.136. The molecule has 2 amide bonds. The highest BCUT2D eigenvalue weighted by atomic mass is 16.5. The Bertz CT molecular complexity index is 1080. The second kappa shape index (κ2) is 7.63. The van der Waals surface area contributed by atoms with Crippen molar-refractivity contribution in [1.82, 2.24) is 10.1 Å². The predicted molar refractivity (Wildman–Crippen MR) is 107 cm³/mol. The van der Waals surface area contributed by atoms with Crippen LogP contribution in [0.3, 0.4) is 0 Å². The molecule has 1 aromatic heterocycles. The molecule has 0 bridgehead atoms. The van der Waals surface area contributed by atoms with Crippen LogP contribution in [0.2, 0.25) is 0 Å². The van der Waals surface area contributed by atoms with Crippen LogP contribution in [0, 0.1) is 6.92 Å². The summed E-state index contributed by atoms with van der Waals surface area (Å²) in [6.45, 7) is 1.80. The van der Waals surface area contributed by atoms with Crippen LogP contribution in [-0.4, -0.2) is 29.0 Å². The van der Waals surface area contributed by atoms with Gasteiger partial charge in [-0.1, -0.05) is 35.5 Å². The van der Waals surface area contributed by atoms with Crippen molar-refractivity contribution in [3.63, 3.8) is 0 Å². The van der Waals surface area contributed by atoms with Gasteiger partial charge in [0.1, 0.15) is 22.9 Å². The number of rotatable bonds is 6. The summed E-state index contributed by atoms with van der Waals surface area (Å²) in [5.74, 6) is 0.528. The van der Waals surface area contributed by atoms with Gasteiger partial charge in [-0.25, -0.2) is 0 Å². The molecule has 29 heavy (non-hydrogen) atoms. The monoisotopic (exact) mass is 389 g/mol. The number of aryl methyl sites for hydroxylation is 1. The number of carbonyl (C=O) groups is 2. The van der Waals surface area contributed by atoms with Gasteiger partial charge in [-0.2, -0.15) is 0 Å². The summed E-state index contributed by atoms with van der Waals surface area (Å²) < 4.78 is 10.2. The van der Waals surface area contributed by atoms with E-state index < -0.39 is 5.91 Å². The number of imide groups is 1. The van der Waals surface area contributed by atoms with Crippen LogP contribution in [0.15, 0.2) is 70.9 Å². The van der Waals surface area contributed by atoms with Crippen molar-refractivity contribution in [2.75, 3.05) is 12.4 Å². The third-order valence-electron chi connectivity index (χ3n) is 4.59. The minimum atomic E-state index is -0.412. The van der Waals surface area contributed by atoms with Crippen molar-refractivity contribution in [2.45, 2.75) is 13.5 Å². The molecule has 0 spiro atoms. The number of anilines is 1. The lowest BCUT2D eigenvalue weighted by molar-refractivity contribution is -0.137. The van der Waals surface area contributed by atoms with Crippen molar-refractivity contribution in [1.29, 1.82) is 0 Å². The summed E-state index contributed by atoms with van der Waals surface area (Å²) in [5, 5.41) is 7.01. The van der Waals surface area contributed by atoms with Crippen molar-refractivity contribution in [2.24, 2.45) is 0 Å². The Kier molecular flexibility index (Phi) is 4.87. The first kappa shape index (κ1) is 18.5. The van der Waals surface area contributed by atoms with Crippen LogP contribution >= 0.6 is 0 Å². The van der Waals surface area contributed by atoms with E-state index in [2.05, 4.69) is 10.5 Å². The molecule has 3 aromatic rings. The highest BCUT2D eigenvalue weighted by molar-refractivity contribution is 6.36. The van der Waals surface area contributed by atoms with Gasteiger partial charge in [0.2, 0.25) is 0 Å². The van der Waals surface area contributed by atoms with E-state index in [-0.39, 0.29) is 18.1 Å². The first-order chi connectivity index (χ1) is 14.1. The lowest BCUT2D eigenvalue weighted by Gasteiger charge is -2.13. The van der Waals surface area contributed by atoms with E-state index >= 15 is 0 Å². The fourth-order valence-electron chi connectivity index (χ4n) is 3.18. The Labute approximate surface area is 167 Å². The third kappa shape index (κ3) is 3.62. The number of nitrogens with zero attached hydrogens (tertiary/aromatic N) is 2. The molecule has 7 nitrogen and oxygen atoms in total. The Morgan fingerprint density at radius 1 is 1.03 bits per heavy atom. The maximum absolute atomic E-state index is 13.2. The zero-order chi connectivity index (χ0) is 20.4. The topological polar surface area (TPSA) is 84.7 Å². The second-order valence-electron chi connectivity index (χ2n) is 6.59. The van der Waals surface area contributed by atoms with Crippen LogP contribution in [0.1, 0.15) is 17.0 Å². The normalized spacial score (nSPS) is 13.9. The summed E-state index contributed by atoms with van der Waals surface area (Å²) in [6, 6.07) is 18.0. The molecule has 0 aliphatic carbocycles. The molecule has 146 valence electrons. The molecule has 1 aliphatic heterocycles. The largest absolute Gasteiger partial charge is 0.497 e. The van der Waals surface area contributed by atoms with Crippen LogP contribution < -0.4 is 10.1 Å². The Morgan fingerprint density at radius 2 is 1.76 bits per heavy atom. The van der Waals surface area contributed by atoms with Gasteiger partial charge in [0, 0.05) is 11.8 Å². The van der Waals surface area contributed by atoms with E-state index in [9.17, 15) is 9.59 Å². The summed E-state index contributed by atoms with van der Waals surface area (Å²) >= 11 is 0. The number of hydrogen-bond acceptors (Lipinski definition) is 6. The smallest absolute Gasteiger partial charge is 0.278 e. The molecular formula is C22H19N3O4. The molecular weight excluding hydrogens is 370 g/mol. The number of hydrogen-bond donors (Lipinski definition) is 1. The van der Waals surface area contributed by atoms with E-state index in [0.717, 1.165) is 0 Å². The van der Waals surface area contributed by atoms with Gasteiger partial charge in [0.25, 0.3) is 11.8 Å². The molecule has 2 aromatic carbocycles. The molecule has 1 aliphatic rings. The average Bonchev–Trinajstić information content (AvgIpc) is 3.25. The van der Waals surface area contributed by atoms with Crippen molar-refractivity contribution in [3.05, 3.63) is 83.4 Å². The van der Waals surface area contributed by atoms with E-state index in [1.807, 2.05) is 18.2 Å². The zero-order valence-corrected chi connectivity index (χ0v) is 16.0. The van der Waals surface area contributed by atoms with Gasteiger partial charge < -0.3 is 14.6 Å². The van der Waals surface area contributed by atoms with Crippen molar-refractivity contribution >= 4 is 23.1 Å². The van der Waals surface area contributed by atoms with Crippen LogP contribution in [0.4, 0.5) is 5.69 Å². The van der Waals surface area contributed by atoms with Crippen LogP contribution in [0.25, 0.3) is 5.57 Å². The molecule has 0 atom stereocenters. The third-order valence-corrected chi connectivity index (χ3v) is 4.59. The lowest BCUT2D eigenvalue weighted by Crippen LogP contribution is -2.32. The molecule has 1 N–H and O–H groups in total. The van der Waals surface area contributed by atoms with E-state index in [1.165, 1.54) is 4.90 Å². The Morgan fingerprint density at radius 3 is 2.38 bits per heavy atom. The minimum absolute atomic E-state index is 0.0408. The van der Waals surface area contributed by atoms with Crippen molar-refractivity contribution in [3.8, 4) is 5.75 Å². The van der Waals surface area contributed by atoms with Gasteiger partial charge in [0.05, 0.1) is 19.2 Å². The SMILES string of the molecule is COc1ccc(NC2=C(c3ccccc3)C(=O)N(Cc3cc(C)on3)C2=O)cc1. The maximum Gasteiger partial charge on any atom is 0.278 e. The van der Waals surface area contributed by atoms with Gasteiger partial charge in [-0.05, 0) is 36.8 Å². The fourth-order valence-corrected chi connectivity index (χ4v) is 3.18. The predicted octanol–water partition coefficient (Wildman–Crippen LogP) is 3.38. The quantitative estimate of drug-likeness (QED) is 0.651. The molecule has 2 heterocycles. The summed E-state index contributed by atoms with van der Waals surface area (Å²) in [7, 11) is 1.58. The van der Waals surface area contributed by atoms with E-state index in [4.69, 9.17) is 9.26 Å². The molecule has 0 fully saturated rings. The first-order valence-electron chi connectivity index (χ1n) is 9.06. The zero-order valence-electron chi connectivity index (χ0n) is 16.0. The van der Waals surface area contributed by atoms with Crippen LogP contribution in [0.5, 0.6) is 5.75 Å². The summed E-state index contributed by atoms with van der Waals surface area (Å²) in [5.41, 5.74) is 2.41. The lowest BCUT2D eigenvalue weighted by atomic mass is 10.0. The molecule has 4 rings (SSSR count). The summed E-state index contributed by atoms with van der Waals surface area (Å²) in [4.78, 5) is 27.5. The van der Waals surface area contributed by atoms with Gasteiger partial charge in [-0.3, -0.25) is 14.5 Å².